The summed E-state index contributed by atoms with van der Waals surface area (Å²) < 4.78 is 13.3. The van der Waals surface area contributed by atoms with Crippen LogP contribution in [-0.4, -0.2) is 36.1 Å². The Labute approximate surface area is 131 Å². The van der Waals surface area contributed by atoms with E-state index in [-0.39, 0.29) is 5.82 Å². The van der Waals surface area contributed by atoms with Crippen molar-refractivity contribution in [3.8, 4) is 0 Å². The summed E-state index contributed by atoms with van der Waals surface area (Å²) in [6.07, 6.45) is 5.94. The number of nitrogens with zero attached hydrogens (tertiary/aromatic N) is 3. The van der Waals surface area contributed by atoms with Crippen LogP contribution in [0.15, 0.2) is 48.8 Å². The second-order valence-corrected chi connectivity index (χ2v) is 5.97. The molecule has 4 heteroatoms. The van der Waals surface area contributed by atoms with Crippen LogP contribution in [0.5, 0.6) is 0 Å². The first-order valence-electron chi connectivity index (χ1n) is 7.82. The van der Waals surface area contributed by atoms with Crippen molar-refractivity contribution >= 4 is 5.69 Å². The van der Waals surface area contributed by atoms with E-state index in [1.165, 1.54) is 11.6 Å². The first-order chi connectivity index (χ1) is 10.7. The topological polar surface area (TPSA) is 19.4 Å². The highest BCUT2D eigenvalue weighted by molar-refractivity contribution is 5.46. The van der Waals surface area contributed by atoms with Crippen molar-refractivity contribution in [2.24, 2.45) is 0 Å². The average molecular weight is 299 g/mol. The first kappa shape index (κ1) is 15.0. The molecule has 1 fully saturated rings. The highest BCUT2D eigenvalue weighted by atomic mass is 19.1. The van der Waals surface area contributed by atoms with Crippen LogP contribution in [0, 0.1) is 5.82 Å². The average Bonchev–Trinajstić information content (AvgIpc) is 2.56. The number of anilines is 1. The maximum absolute atomic E-state index is 13.3. The van der Waals surface area contributed by atoms with Gasteiger partial charge in [-0.25, -0.2) is 4.39 Å². The number of piperidine rings is 1. The number of halogens is 1. The summed E-state index contributed by atoms with van der Waals surface area (Å²) in [6.45, 7) is 2.88. The lowest BCUT2D eigenvalue weighted by atomic mass is 10.0. The number of hydrogen-bond donors (Lipinski definition) is 0. The van der Waals surface area contributed by atoms with E-state index >= 15 is 0 Å². The molecular weight excluding hydrogens is 277 g/mol. The Kier molecular flexibility index (Phi) is 4.68. The molecule has 1 aromatic carbocycles. The van der Waals surface area contributed by atoms with Gasteiger partial charge >= 0.3 is 0 Å². The van der Waals surface area contributed by atoms with Crippen molar-refractivity contribution in [1.29, 1.82) is 0 Å². The summed E-state index contributed by atoms with van der Waals surface area (Å²) in [5.74, 6) is -0.159. The molecule has 0 aliphatic carbocycles. The van der Waals surface area contributed by atoms with E-state index in [1.54, 1.807) is 18.3 Å². The van der Waals surface area contributed by atoms with E-state index < -0.39 is 0 Å². The van der Waals surface area contributed by atoms with Crippen LogP contribution in [0.1, 0.15) is 18.4 Å². The van der Waals surface area contributed by atoms with E-state index in [1.807, 2.05) is 18.3 Å². The van der Waals surface area contributed by atoms with Crippen LogP contribution in [-0.2, 0) is 6.54 Å². The number of aromatic nitrogens is 1. The third-order valence-electron chi connectivity index (χ3n) is 4.42. The molecule has 2 aromatic rings. The fourth-order valence-electron chi connectivity index (χ4n) is 3.15. The maximum Gasteiger partial charge on any atom is 0.125 e. The summed E-state index contributed by atoms with van der Waals surface area (Å²) in [6, 6.07) is 11.6. The van der Waals surface area contributed by atoms with Crippen LogP contribution in [0.4, 0.5) is 10.1 Å². The van der Waals surface area contributed by atoms with Crippen LogP contribution in [0.25, 0.3) is 0 Å². The van der Waals surface area contributed by atoms with Crippen molar-refractivity contribution in [3.63, 3.8) is 0 Å². The lowest BCUT2D eigenvalue weighted by Gasteiger charge is -2.38. The molecule has 22 heavy (non-hydrogen) atoms. The van der Waals surface area contributed by atoms with E-state index in [4.69, 9.17) is 0 Å². The normalized spacial score (nSPS) is 16.2. The Morgan fingerprint density at radius 1 is 1.23 bits per heavy atom. The number of hydrogen-bond acceptors (Lipinski definition) is 3. The summed E-state index contributed by atoms with van der Waals surface area (Å²) in [5.41, 5.74) is 2.24. The van der Waals surface area contributed by atoms with Gasteiger partial charge in [-0.05, 0) is 49.7 Å². The number of rotatable bonds is 4. The Hall–Kier alpha value is -1.94. The summed E-state index contributed by atoms with van der Waals surface area (Å²) in [5, 5.41) is 0. The van der Waals surface area contributed by atoms with Gasteiger partial charge in [0.1, 0.15) is 5.82 Å². The molecule has 0 spiro atoms. The summed E-state index contributed by atoms with van der Waals surface area (Å²) in [7, 11) is 2.18. The Morgan fingerprint density at radius 2 is 2.05 bits per heavy atom. The highest BCUT2D eigenvalue weighted by Gasteiger charge is 2.22. The third-order valence-corrected chi connectivity index (χ3v) is 4.42. The minimum Gasteiger partial charge on any atom is -0.371 e. The molecule has 0 atom stereocenters. The first-order valence-corrected chi connectivity index (χ1v) is 7.82. The van der Waals surface area contributed by atoms with Crippen molar-refractivity contribution in [2.45, 2.75) is 25.4 Å². The Bertz CT molecular complexity index is 594. The molecule has 2 heterocycles. The molecule has 0 unspecified atom stereocenters. The van der Waals surface area contributed by atoms with E-state index in [0.29, 0.717) is 6.04 Å². The Morgan fingerprint density at radius 3 is 2.73 bits per heavy atom. The summed E-state index contributed by atoms with van der Waals surface area (Å²) >= 11 is 0. The van der Waals surface area contributed by atoms with Crippen LogP contribution < -0.4 is 4.90 Å². The quantitative estimate of drug-likeness (QED) is 0.863. The molecule has 0 saturated carbocycles. The van der Waals surface area contributed by atoms with Crippen molar-refractivity contribution in [2.75, 3.05) is 25.0 Å². The molecule has 0 N–H and O–H groups in total. The van der Waals surface area contributed by atoms with Crippen molar-refractivity contribution in [1.82, 2.24) is 9.88 Å². The molecule has 1 saturated heterocycles. The van der Waals surface area contributed by atoms with Crippen molar-refractivity contribution < 1.29 is 4.39 Å². The molecule has 1 aliphatic rings. The Balaban J connectivity index is 1.55. The molecule has 116 valence electrons. The smallest absolute Gasteiger partial charge is 0.125 e. The minimum atomic E-state index is -0.159. The standard InChI is InChI=1S/C18H22FN3/c1-21(14-15-4-3-9-20-13-15)17-7-10-22(11-8-17)18-6-2-5-16(19)12-18/h2-6,9,12-13,17H,7-8,10-11,14H2,1H3. The van der Waals surface area contributed by atoms with Crippen LogP contribution in [0.2, 0.25) is 0 Å². The molecule has 0 amide bonds. The van der Waals surface area contributed by atoms with Gasteiger partial charge in [-0.1, -0.05) is 12.1 Å². The fraction of sp³-hybridized carbons (Fsp3) is 0.389. The zero-order valence-electron chi connectivity index (χ0n) is 13.0. The van der Waals surface area contributed by atoms with Gasteiger partial charge < -0.3 is 4.90 Å². The van der Waals surface area contributed by atoms with Gasteiger partial charge in [0.25, 0.3) is 0 Å². The molecular formula is C18H22FN3. The second-order valence-electron chi connectivity index (χ2n) is 5.97. The highest BCUT2D eigenvalue weighted by Crippen LogP contribution is 2.23. The van der Waals surface area contributed by atoms with E-state index in [0.717, 1.165) is 38.2 Å². The number of benzene rings is 1. The van der Waals surface area contributed by atoms with Gasteiger partial charge in [0.15, 0.2) is 0 Å². The molecule has 1 aliphatic heterocycles. The second kappa shape index (κ2) is 6.88. The number of pyridine rings is 1. The predicted molar refractivity (Wildman–Crippen MR) is 87.3 cm³/mol. The molecule has 3 rings (SSSR count). The lowest BCUT2D eigenvalue weighted by Crippen LogP contribution is -2.43. The molecule has 0 radical (unpaired) electrons. The fourth-order valence-corrected chi connectivity index (χ4v) is 3.15. The van der Waals surface area contributed by atoms with Gasteiger partial charge in [-0.15, -0.1) is 0 Å². The van der Waals surface area contributed by atoms with Crippen molar-refractivity contribution in [3.05, 3.63) is 60.2 Å². The summed E-state index contributed by atoms with van der Waals surface area (Å²) in [4.78, 5) is 8.85. The molecule has 1 aromatic heterocycles. The zero-order chi connectivity index (χ0) is 15.4. The van der Waals surface area contributed by atoms with E-state index in [9.17, 15) is 4.39 Å². The minimum absolute atomic E-state index is 0.159. The monoisotopic (exact) mass is 299 g/mol. The largest absolute Gasteiger partial charge is 0.371 e. The van der Waals surface area contributed by atoms with Gasteiger partial charge in [-0.3, -0.25) is 9.88 Å². The molecule has 3 nitrogen and oxygen atoms in total. The van der Waals surface area contributed by atoms with Gasteiger partial charge in [0.05, 0.1) is 0 Å². The lowest BCUT2D eigenvalue weighted by molar-refractivity contribution is 0.200. The SMILES string of the molecule is CN(Cc1cccnc1)C1CCN(c2cccc(F)c2)CC1. The zero-order valence-corrected chi connectivity index (χ0v) is 13.0. The van der Waals surface area contributed by atoms with E-state index in [2.05, 4.69) is 27.9 Å². The predicted octanol–water partition coefficient (Wildman–Crippen LogP) is 3.32. The van der Waals surface area contributed by atoms with Crippen LogP contribution >= 0.6 is 0 Å². The van der Waals surface area contributed by atoms with Crippen LogP contribution in [0.3, 0.4) is 0 Å². The maximum atomic E-state index is 13.3. The van der Waals surface area contributed by atoms with Gasteiger partial charge in [-0.2, -0.15) is 0 Å². The molecule has 0 bridgehead atoms. The third kappa shape index (κ3) is 3.63. The van der Waals surface area contributed by atoms with Gasteiger partial charge in [0.2, 0.25) is 0 Å². The van der Waals surface area contributed by atoms with Gasteiger partial charge in [0, 0.05) is 43.8 Å².